The summed E-state index contributed by atoms with van der Waals surface area (Å²) in [5.74, 6) is 1.41. The molecule has 0 bridgehead atoms. The Morgan fingerprint density at radius 3 is 2.90 bits per heavy atom. The molecule has 2 aromatic heterocycles. The molecule has 1 fully saturated rings. The average molecular weight is 274 g/mol. The van der Waals surface area contributed by atoms with Crippen LogP contribution in [0, 0.1) is 6.92 Å². The van der Waals surface area contributed by atoms with Gasteiger partial charge in [-0.3, -0.25) is 0 Å². The summed E-state index contributed by atoms with van der Waals surface area (Å²) in [6.07, 6.45) is 2.86. The van der Waals surface area contributed by atoms with Crippen LogP contribution in [0.3, 0.4) is 0 Å². The van der Waals surface area contributed by atoms with Crippen molar-refractivity contribution in [3.8, 4) is 11.5 Å². The summed E-state index contributed by atoms with van der Waals surface area (Å²) < 4.78 is 11.3. The number of hydrogen-bond acceptors (Lipinski definition) is 6. The highest BCUT2D eigenvalue weighted by Crippen LogP contribution is 2.28. The molecule has 0 spiro atoms. The van der Waals surface area contributed by atoms with E-state index in [1.807, 2.05) is 19.9 Å². The summed E-state index contributed by atoms with van der Waals surface area (Å²) in [5, 5.41) is 16.6. The van der Waals surface area contributed by atoms with E-state index in [-0.39, 0.29) is 5.92 Å². The molecule has 20 heavy (non-hydrogen) atoms. The predicted molar refractivity (Wildman–Crippen MR) is 72.2 cm³/mol. The van der Waals surface area contributed by atoms with Gasteiger partial charge in [0.15, 0.2) is 0 Å². The molecule has 0 aliphatic carbocycles. The van der Waals surface area contributed by atoms with Crippen molar-refractivity contribution in [3.05, 3.63) is 23.3 Å². The third kappa shape index (κ3) is 2.56. The van der Waals surface area contributed by atoms with E-state index in [0.717, 1.165) is 42.8 Å². The van der Waals surface area contributed by atoms with Crippen LogP contribution in [-0.2, 0) is 11.2 Å². The zero-order chi connectivity index (χ0) is 13.9. The van der Waals surface area contributed by atoms with Crippen LogP contribution in [0.4, 0.5) is 0 Å². The van der Waals surface area contributed by atoms with Crippen molar-refractivity contribution in [2.24, 2.45) is 0 Å². The lowest BCUT2D eigenvalue weighted by molar-refractivity contribution is 0.0727. The molecule has 1 aliphatic rings. The molecule has 1 atom stereocenters. The van der Waals surface area contributed by atoms with Gasteiger partial charge in [-0.25, -0.2) is 0 Å². The number of ether oxygens (including phenoxy) is 1. The van der Waals surface area contributed by atoms with Crippen LogP contribution < -0.4 is 0 Å². The Labute approximate surface area is 117 Å². The number of aromatic nitrogens is 4. The van der Waals surface area contributed by atoms with E-state index in [9.17, 15) is 0 Å². The maximum Gasteiger partial charge on any atom is 0.249 e. The topological polar surface area (TPSA) is 73.9 Å². The number of hydrogen-bond donors (Lipinski definition) is 0. The third-order valence-electron chi connectivity index (χ3n) is 3.51. The zero-order valence-electron chi connectivity index (χ0n) is 11.8. The summed E-state index contributed by atoms with van der Waals surface area (Å²) in [4.78, 5) is 0. The van der Waals surface area contributed by atoms with Crippen LogP contribution in [-0.4, -0.2) is 33.6 Å². The average Bonchev–Trinajstić information content (AvgIpc) is 2.98. The van der Waals surface area contributed by atoms with Crippen LogP contribution in [0.5, 0.6) is 0 Å². The van der Waals surface area contributed by atoms with Crippen LogP contribution in [0.25, 0.3) is 11.5 Å². The largest absolute Gasteiger partial charge is 0.420 e. The number of aryl methyl sites for hydroxylation is 2. The zero-order valence-corrected chi connectivity index (χ0v) is 11.8. The molecule has 2 aromatic rings. The lowest BCUT2D eigenvalue weighted by Gasteiger charge is -2.18. The van der Waals surface area contributed by atoms with Crippen LogP contribution in [0.1, 0.15) is 43.0 Å². The summed E-state index contributed by atoms with van der Waals surface area (Å²) in [6, 6.07) is 1.94. The lowest BCUT2D eigenvalue weighted by Crippen LogP contribution is -2.15. The van der Waals surface area contributed by atoms with Gasteiger partial charge in [-0.2, -0.15) is 10.2 Å². The minimum absolute atomic E-state index is 0.214. The Hall–Kier alpha value is -1.82. The molecule has 1 unspecified atom stereocenters. The van der Waals surface area contributed by atoms with Gasteiger partial charge in [0, 0.05) is 6.61 Å². The van der Waals surface area contributed by atoms with Crippen molar-refractivity contribution < 1.29 is 9.15 Å². The second-order valence-electron chi connectivity index (χ2n) is 5.06. The fraction of sp³-hybridized carbons (Fsp3) is 0.571. The van der Waals surface area contributed by atoms with Crippen molar-refractivity contribution in [1.82, 2.24) is 20.4 Å². The first-order valence-electron chi connectivity index (χ1n) is 7.02. The van der Waals surface area contributed by atoms with Gasteiger partial charge in [0.05, 0.1) is 29.5 Å². The second-order valence-corrected chi connectivity index (χ2v) is 5.06. The fourth-order valence-electron chi connectivity index (χ4n) is 2.40. The first-order chi connectivity index (χ1) is 9.78. The molecule has 1 aliphatic heterocycles. The minimum atomic E-state index is 0.214. The lowest BCUT2D eigenvalue weighted by atomic mass is 10.0. The summed E-state index contributed by atoms with van der Waals surface area (Å²) in [6.45, 7) is 5.43. The van der Waals surface area contributed by atoms with E-state index in [1.165, 1.54) is 0 Å². The van der Waals surface area contributed by atoms with E-state index in [4.69, 9.17) is 9.15 Å². The standard InChI is InChI=1S/C14H18N4O2/c1-3-12-11(7-9(2)15-16-12)14-18-17-13(20-14)10-5-4-6-19-8-10/h7,10H,3-6,8H2,1-2H3. The smallest absolute Gasteiger partial charge is 0.249 e. The molecule has 6 nitrogen and oxygen atoms in total. The first kappa shape index (κ1) is 13.2. The van der Waals surface area contributed by atoms with Crippen molar-refractivity contribution in [2.45, 2.75) is 39.0 Å². The Balaban J connectivity index is 1.91. The highest BCUT2D eigenvalue weighted by atomic mass is 16.5. The number of rotatable bonds is 3. The van der Waals surface area contributed by atoms with Gasteiger partial charge in [-0.15, -0.1) is 10.2 Å². The van der Waals surface area contributed by atoms with E-state index < -0.39 is 0 Å². The summed E-state index contributed by atoms with van der Waals surface area (Å²) in [7, 11) is 0. The van der Waals surface area contributed by atoms with Gasteiger partial charge >= 0.3 is 0 Å². The summed E-state index contributed by atoms with van der Waals surface area (Å²) in [5.41, 5.74) is 2.61. The van der Waals surface area contributed by atoms with E-state index >= 15 is 0 Å². The molecule has 0 radical (unpaired) electrons. The molecule has 0 saturated carbocycles. The van der Waals surface area contributed by atoms with Gasteiger partial charge in [-0.1, -0.05) is 6.92 Å². The maximum atomic E-state index is 5.84. The molecular weight excluding hydrogens is 256 g/mol. The SMILES string of the molecule is CCc1nnc(C)cc1-c1nnc(C2CCCOC2)o1. The Morgan fingerprint density at radius 1 is 1.25 bits per heavy atom. The maximum absolute atomic E-state index is 5.84. The van der Waals surface area contributed by atoms with Crippen LogP contribution >= 0.6 is 0 Å². The summed E-state index contributed by atoms with van der Waals surface area (Å²) >= 11 is 0. The monoisotopic (exact) mass is 274 g/mol. The molecule has 1 saturated heterocycles. The van der Waals surface area contributed by atoms with E-state index in [2.05, 4.69) is 20.4 Å². The minimum Gasteiger partial charge on any atom is -0.420 e. The molecule has 3 rings (SSSR count). The quantitative estimate of drug-likeness (QED) is 0.855. The van der Waals surface area contributed by atoms with Crippen molar-refractivity contribution in [3.63, 3.8) is 0 Å². The van der Waals surface area contributed by atoms with E-state index in [1.54, 1.807) is 0 Å². The van der Waals surface area contributed by atoms with Gasteiger partial charge in [0.25, 0.3) is 0 Å². The van der Waals surface area contributed by atoms with Crippen LogP contribution in [0.15, 0.2) is 10.5 Å². The predicted octanol–water partition coefficient (Wildman–Crippen LogP) is 2.29. The Morgan fingerprint density at radius 2 is 2.15 bits per heavy atom. The van der Waals surface area contributed by atoms with Crippen molar-refractivity contribution >= 4 is 0 Å². The second kappa shape index (κ2) is 5.66. The highest BCUT2D eigenvalue weighted by molar-refractivity contribution is 5.56. The Bertz CT molecular complexity index is 591. The molecule has 3 heterocycles. The molecule has 6 heteroatoms. The van der Waals surface area contributed by atoms with Crippen molar-refractivity contribution in [1.29, 1.82) is 0 Å². The van der Waals surface area contributed by atoms with Gasteiger partial charge in [-0.05, 0) is 32.3 Å². The first-order valence-corrected chi connectivity index (χ1v) is 7.02. The van der Waals surface area contributed by atoms with Gasteiger partial charge in [0.2, 0.25) is 11.8 Å². The van der Waals surface area contributed by atoms with Crippen LogP contribution in [0.2, 0.25) is 0 Å². The molecule has 106 valence electrons. The molecule has 0 N–H and O–H groups in total. The fourth-order valence-corrected chi connectivity index (χ4v) is 2.40. The normalized spacial score (nSPS) is 19.2. The van der Waals surface area contributed by atoms with Gasteiger partial charge < -0.3 is 9.15 Å². The third-order valence-corrected chi connectivity index (χ3v) is 3.51. The molecule has 0 aromatic carbocycles. The van der Waals surface area contributed by atoms with Gasteiger partial charge in [0.1, 0.15) is 0 Å². The molecule has 0 amide bonds. The van der Waals surface area contributed by atoms with E-state index in [0.29, 0.717) is 18.4 Å². The highest BCUT2D eigenvalue weighted by Gasteiger charge is 2.23. The van der Waals surface area contributed by atoms with Crippen molar-refractivity contribution in [2.75, 3.05) is 13.2 Å². The Kier molecular flexibility index (Phi) is 3.73. The molecular formula is C14H18N4O2. The number of nitrogens with zero attached hydrogens (tertiary/aromatic N) is 4.